The van der Waals surface area contributed by atoms with Crippen LogP contribution in [0.5, 0.6) is 0 Å². The summed E-state index contributed by atoms with van der Waals surface area (Å²) in [5.74, 6) is -0.0644. The summed E-state index contributed by atoms with van der Waals surface area (Å²) in [7, 11) is -3.46. The minimum atomic E-state index is -3.46. The van der Waals surface area contributed by atoms with Crippen molar-refractivity contribution >= 4 is 21.7 Å². The minimum Gasteiger partial charge on any atom is -0.312 e. The molecule has 0 saturated carbocycles. The third kappa shape index (κ3) is 4.81. The highest BCUT2D eigenvalue weighted by molar-refractivity contribution is 7.85. The largest absolute Gasteiger partial charge is 0.312 e. The molecule has 1 aliphatic heterocycles. The second kappa shape index (κ2) is 7.24. The van der Waals surface area contributed by atoms with E-state index in [9.17, 15) is 13.2 Å². The monoisotopic (exact) mass is 325 g/mol. The van der Waals surface area contributed by atoms with Gasteiger partial charge in [0.15, 0.2) is 0 Å². The molecular weight excluding hydrogens is 302 g/mol. The summed E-state index contributed by atoms with van der Waals surface area (Å²) in [5.41, 5.74) is 2.14. The fourth-order valence-electron chi connectivity index (χ4n) is 2.59. The number of benzene rings is 1. The van der Waals surface area contributed by atoms with Gasteiger partial charge in [0, 0.05) is 24.6 Å². The molecule has 1 saturated heterocycles. The average molecular weight is 325 g/mol. The van der Waals surface area contributed by atoms with Gasteiger partial charge in [-0.2, -0.15) is 8.42 Å². The lowest BCUT2D eigenvalue weighted by Gasteiger charge is -2.17. The molecule has 122 valence electrons. The Labute approximate surface area is 132 Å². The summed E-state index contributed by atoms with van der Waals surface area (Å²) in [6.07, 6.45) is 4.72. The third-order valence-corrected chi connectivity index (χ3v) is 4.35. The van der Waals surface area contributed by atoms with E-state index in [1.165, 1.54) is 5.56 Å². The van der Waals surface area contributed by atoms with Crippen LogP contribution in [0.25, 0.3) is 0 Å². The maximum Gasteiger partial charge on any atom is 0.264 e. The van der Waals surface area contributed by atoms with E-state index < -0.39 is 10.1 Å². The van der Waals surface area contributed by atoms with Gasteiger partial charge in [-0.15, -0.1) is 0 Å². The number of hydrogen-bond donors (Lipinski definition) is 0. The molecule has 22 heavy (non-hydrogen) atoms. The van der Waals surface area contributed by atoms with Crippen LogP contribution in [-0.2, 0) is 25.5 Å². The fourth-order valence-corrected chi connectivity index (χ4v) is 3.03. The van der Waals surface area contributed by atoms with Crippen molar-refractivity contribution in [1.29, 1.82) is 0 Å². The maximum atomic E-state index is 12.1. The molecule has 1 amide bonds. The number of anilines is 1. The second-order valence-corrected chi connectivity index (χ2v) is 7.48. The van der Waals surface area contributed by atoms with Crippen LogP contribution in [0.4, 0.5) is 5.69 Å². The van der Waals surface area contributed by atoms with Crippen molar-refractivity contribution in [3.63, 3.8) is 0 Å². The van der Waals surface area contributed by atoms with Crippen LogP contribution in [-0.4, -0.2) is 33.7 Å². The summed E-state index contributed by atoms with van der Waals surface area (Å²) >= 11 is 0. The Bertz CT molecular complexity index is 610. The molecule has 1 heterocycles. The predicted octanol–water partition coefficient (Wildman–Crippen LogP) is 2.36. The van der Waals surface area contributed by atoms with Crippen LogP contribution in [0.2, 0.25) is 0 Å². The summed E-state index contributed by atoms with van der Waals surface area (Å²) in [5, 5.41) is 0. The number of carbonyl (C=O) groups excluding carboxylic acids is 1. The number of nitrogens with zero attached hydrogens (tertiary/aromatic N) is 1. The van der Waals surface area contributed by atoms with Crippen LogP contribution in [0.3, 0.4) is 0 Å². The lowest BCUT2D eigenvalue weighted by molar-refractivity contribution is -0.117. The first-order valence-electron chi connectivity index (χ1n) is 7.62. The van der Waals surface area contributed by atoms with Gasteiger partial charge in [0.25, 0.3) is 10.1 Å². The normalized spacial score (nSPS) is 18.9. The summed E-state index contributed by atoms with van der Waals surface area (Å²) in [6, 6.07) is 8.03. The predicted molar refractivity (Wildman–Crippen MR) is 86.3 cm³/mol. The van der Waals surface area contributed by atoms with E-state index in [1.807, 2.05) is 12.1 Å². The molecule has 1 aromatic carbocycles. The van der Waals surface area contributed by atoms with E-state index >= 15 is 0 Å². The van der Waals surface area contributed by atoms with E-state index in [1.54, 1.807) is 4.90 Å². The molecule has 1 aromatic rings. The van der Waals surface area contributed by atoms with E-state index in [-0.39, 0.29) is 18.4 Å². The third-order valence-electron chi connectivity index (χ3n) is 3.79. The van der Waals surface area contributed by atoms with Crippen molar-refractivity contribution in [1.82, 2.24) is 0 Å². The highest BCUT2D eigenvalue weighted by atomic mass is 32.2. The molecule has 1 fully saturated rings. The molecule has 5 nitrogen and oxygen atoms in total. The van der Waals surface area contributed by atoms with Crippen molar-refractivity contribution in [2.24, 2.45) is 5.92 Å². The number of amides is 1. The lowest BCUT2D eigenvalue weighted by atomic mass is 10.1. The highest BCUT2D eigenvalue weighted by Crippen LogP contribution is 2.26. The Morgan fingerprint density at radius 3 is 2.55 bits per heavy atom. The first-order valence-corrected chi connectivity index (χ1v) is 9.44. The zero-order valence-corrected chi connectivity index (χ0v) is 13.9. The Morgan fingerprint density at radius 2 is 1.95 bits per heavy atom. The van der Waals surface area contributed by atoms with Gasteiger partial charge in [0.2, 0.25) is 5.91 Å². The van der Waals surface area contributed by atoms with Gasteiger partial charge in [-0.1, -0.05) is 25.5 Å². The van der Waals surface area contributed by atoms with Gasteiger partial charge in [0.05, 0.1) is 12.9 Å². The van der Waals surface area contributed by atoms with Gasteiger partial charge < -0.3 is 4.90 Å². The van der Waals surface area contributed by atoms with Gasteiger partial charge in [0.1, 0.15) is 0 Å². The van der Waals surface area contributed by atoms with Gasteiger partial charge in [-0.3, -0.25) is 8.98 Å². The molecule has 0 aromatic heterocycles. The van der Waals surface area contributed by atoms with E-state index in [0.29, 0.717) is 13.0 Å². The Hall–Kier alpha value is -1.40. The van der Waals surface area contributed by atoms with E-state index in [2.05, 4.69) is 19.1 Å². The number of unbranched alkanes of at least 4 members (excludes halogenated alkanes) is 1. The van der Waals surface area contributed by atoms with Crippen molar-refractivity contribution < 1.29 is 17.4 Å². The topological polar surface area (TPSA) is 63.7 Å². The van der Waals surface area contributed by atoms with Crippen molar-refractivity contribution in [3.05, 3.63) is 29.8 Å². The molecule has 0 aliphatic carbocycles. The van der Waals surface area contributed by atoms with E-state index in [4.69, 9.17) is 4.18 Å². The molecule has 1 aliphatic rings. The van der Waals surface area contributed by atoms with E-state index in [0.717, 1.165) is 31.2 Å². The minimum absolute atomic E-state index is 0.0170. The number of hydrogen-bond acceptors (Lipinski definition) is 4. The molecule has 0 bridgehead atoms. The zero-order chi connectivity index (χ0) is 16.2. The Kier molecular flexibility index (Phi) is 5.58. The SMILES string of the molecule is CCCCc1ccc(N2CC(COS(C)(=O)=O)CC2=O)cc1. The van der Waals surface area contributed by atoms with Crippen LogP contribution in [0.1, 0.15) is 31.7 Å². The lowest BCUT2D eigenvalue weighted by Crippen LogP contribution is -2.25. The Balaban J connectivity index is 1.96. The molecular formula is C16H23NO4S. The molecule has 1 atom stereocenters. The smallest absolute Gasteiger partial charge is 0.264 e. The van der Waals surface area contributed by atoms with Gasteiger partial charge in [-0.25, -0.2) is 0 Å². The molecule has 0 N–H and O–H groups in total. The first kappa shape index (κ1) is 17.0. The van der Waals surface area contributed by atoms with Crippen LogP contribution >= 0.6 is 0 Å². The second-order valence-electron chi connectivity index (χ2n) is 5.83. The van der Waals surface area contributed by atoms with Crippen LogP contribution < -0.4 is 4.90 Å². The molecule has 2 rings (SSSR count). The highest BCUT2D eigenvalue weighted by Gasteiger charge is 2.31. The molecule has 0 radical (unpaired) electrons. The van der Waals surface area contributed by atoms with Crippen molar-refractivity contribution in [2.45, 2.75) is 32.6 Å². The van der Waals surface area contributed by atoms with Crippen LogP contribution in [0, 0.1) is 5.92 Å². The molecule has 1 unspecified atom stereocenters. The average Bonchev–Trinajstić information content (AvgIpc) is 2.84. The van der Waals surface area contributed by atoms with Crippen LogP contribution in [0.15, 0.2) is 24.3 Å². The Morgan fingerprint density at radius 1 is 1.27 bits per heavy atom. The summed E-state index contributed by atoms with van der Waals surface area (Å²) in [6.45, 7) is 2.73. The quantitative estimate of drug-likeness (QED) is 0.722. The fraction of sp³-hybridized carbons (Fsp3) is 0.562. The number of rotatable bonds is 7. The standard InChI is InChI=1S/C16H23NO4S/c1-3-4-5-13-6-8-15(9-7-13)17-11-14(10-16(17)18)12-21-22(2,19)20/h6-9,14H,3-5,10-12H2,1-2H3. The zero-order valence-electron chi connectivity index (χ0n) is 13.1. The maximum absolute atomic E-state index is 12.1. The van der Waals surface area contributed by atoms with Gasteiger partial charge >= 0.3 is 0 Å². The molecule has 0 spiro atoms. The summed E-state index contributed by atoms with van der Waals surface area (Å²) in [4.78, 5) is 13.8. The summed E-state index contributed by atoms with van der Waals surface area (Å²) < 4.78 is 26.9. The van der Waals surface area contributed by atoms with Crippen molar-refractivity contribution in [2.75, 3.05) is 24.3 Å². The molecule has 6 heteroatoms. The van der Waals surface area contributed by atoms with Gasteiger partial charge in [-0.05, 0) is 30.5 Å². The van der Waals surface area contributed by atoms with Crippen molar-refractivity contribution in [3.8, 4) is 0 Å². The number of aryl methyl sites for hydroxylation is 1. The number of carbonyl (C=O) groups is 1. The first-order chi connectivity index (χ1) is 10.4.